The lowest BCUT2D eigenvalue weighted by molar-refractivity contribution is 0.0410. The highest BCUT2D eigenvalue weighted by atomic mass is 16.5. The average Bonchev–Trinajstić information content (AvgIpc) is 2.04. The molecule has 0 aromatic heterocycles. The molecule has 2 rings (SSSR count). The molecule has 1 heteroatoms. The van der Waals surface area contributed by atoms with Crippen molar-refractivity contribution in [3.63, 3.8) is 0 Å². The second kappa shape index (κ2) is 2.67. The molecule has 0 radical (unpaired) electrons. The van der Waals surface area contributed by atoms with E-state index in [4.69, 9.17) is 4.74 Å². The van der Waals surface area contributed by atoms with E-state index < -0.39 is 0 Å². The molecule has 1 heterocycles. The molecular weight excluding hydrogens is 136 g/mol. The van der Waals surface area contributed by atoms with Crippen LogP contribution in [0.4, 0.5) is 0 Å². The van der Waals surface area contributed by atoms with Crippen LogP contribution in [0.15, 0.2) is 24.3 Å². The number of hydrogen-bond donors (Lipinski definition) is 0. The zero-order valence-corrected chi connectivity index (χ0v) is 6.71. The third-order valence-corrected chi connectivity index (χ3v) is 2.15. The van der Waals surface area contributed by atoms with Gasteiger partial charge in [0, 0.05) is 0 Å². The number of benzene rings is 1. The molecule has 0 fully saturated rings. The van der Waals surface area contributed by atoms with Gasteiger partial charge in [-0.05, 0) is 24.5 Å². The van der Waals surface area contributed by atoms with Gasteiger partial charge in [0.2, 0.25) is 0 Å². The first-order chi connectivity index (χ1) is 5.36. The van der Waals surface area contributed by atoms with Crippen molar-refractivity contribution >= 4 is 0 Å². The van der Waals surface area contributed by atoms with Crippen LogP contribution in [0.3, 0.4) is 0 Å². The van der Waals surface area contributed by atoms with Gasteiger partial charge in [0.05, 0.1) is 12.7 Å². The Morgan fingerprint density at radius 1 is 1.27 bits per heavy atom. The second-order valence-corrected chi connectivity index (χ2v) is 3.09. The van der Waals surface area contributed by atoms with Gasteiger partial charge in [0.15, 0.2) is 0 Å². The van der Waals surface area contributed by atoms with Crippen LogP contribution in [0.25, 0.3) is 0 Å². The summed E-state index contributed by atoms with van der Waals surface area (Å²) in [6.45, 7) is 2.91. The second-order valence-electron chi connectivity index (χ2n) is 3.09. The highest BCUT2D eigenvalue weighted by molar-refractivity contribution is 5.28. The van der Waals surface area contributed by atoms with Crippen molar-refractivity contribution in [2.75, 3.05) is 0 Å². The fourth-order valence-corrected chi connectivity index (χ4v) is 1.50. The molecular formula is C10H12O. The van der Waals surface area contributed by atoms with E-state index in [1.165, 1.54) is 11.1 Å². The lowest BCUT2D eigenvalue weighted by Gasteiger charge is -2.21. The lowest BCUT2D eigenvalue weighted by atomic mass is 10.0. The summed E-state index contributed by atoms with van der Waals surface area (Å²) < 4.78 is 5.50. The average molecular weight is 148 g/mol. The summed E-state index contributed by atoms with van der Waals surface area (Å²) >= 11 is 0. The number of hydrogen-bond acceptors (Lipinski definition) is 1. The monoisotopic (exact) mass is 148 g/mol. The summed E-state index contributed by atoms with van der Waals surface area (Å²) in [5.74, 6) is 0. The number of ether oxygens (including phenoxy) is 1. The Morgan fingerprint density at radius 2 is 2.00 bits per heavy atom. The number of fused-ring (bicyclic) bond motifs is 1. The van der Waals surface area contributed by atoms with Gasteiger partial charge in [-0.1, -0.05) is 24.3 Å². The first kappa shape index (κ1) is 6.86. The van der Waals surface area contributed by atoms with Crippen molar-refractivity contribution in [2.24, 2.45) is 0 Å². The summed E-state index contributed by atoms with van der Waals surface area (Å²) in [5, 5.41) is 0. The maximum Gasteiger partial charge on any atom is 0.0723 e. The van der Waals surface area contributed by atoms with Gasteiger partial charge in [-0.3, -0.25) is 0 Å². The molecule has 1 aliphatic rings. The molecule has 0 aliphatic carbocycles. The summed E-state index contributed by atoms with van der Waals surface area (Å²) in [5.41, 5.74) is 2.80. The molecule has 1 aromatic rings. The molecule has 0 N–H and O–H groups in total. The largest absolute Gasteiger partial charge is 0.373 e. The molecule has 1 atom stereocenters. The lowest BCUT2D eigenvalue weighted by Crippen LogP contribution is -2.18. The maximum absolute atomic E-state index is 5.50. The molecule has 1 aromatic carbocycles. The van der Waals surface area contributed by atoms with E-state index in [-0.39, 0.29) is 0 Å². The normalized spacial score (nSPS) is 22.8. The minimum absolute atomic E-state index is 0.393. The van der Waals surface area contributed by atoms with Crippen LogP contribution in [0.2, 0.25) is 0 Å². The van der Waals surface area contributed by atoms with E-state index in [0.717, 1.165) is 13.0 Å². The summed E-state index contributed by atoms with van der Waals surface area (Å²) in [6.07, 6.45) is 1.46. The maximum atomic E-state index is 5.50. The first-order valence-corrected chi connectivity index (χ1v) is 4.04. The summed E-state index contributed by atoms with van der Waals surface area (Å²) in [7, 11) is 0. The number of rotatable bonds is 0. The Labute approximate surface area is 67.0 Å². The van der Waals surface area contributed by atoms with Gasteiger partial charge in [-0.25, -0.2) is 0 Å². The van der Waals surface area contributed by atoms with Crippen molar-refractivity contribution in [3.05, 3.63) is 35.4 Å². The Bertz CT molecular complexity index is 255. The molecule has 1 unspecified atom stereocenters. The molecule has 11 heavy (non-hydrogen) atoms. The Morgan fingerprint density at radius 3 is 2.82 bits per heavy atom. The molecule has 0 amide bonds. The van der Waals surface area contributed by atoms with Crippen LogP contribution in [-0.4, -0.2) is 6.10 Å². The van der Waals surface area contributed by atoms with E-state index in [1.807, 2.05) is 0 Å². The van der Waals surface area contributed by atoms with Crippen LogP contribution in [-0.2, 0) is 17.8 Å². The first-order valence-electron chi connectivity index (χ1n) is 4.04. The zero-order valence-electron chi connectivity index (χ0n) is 6.71. The van der Waals surface area contributed by atoms with Crippen LogP contribution in [0, 0.1) is 0 Å². The van der Waals surface area contributed by atoms with Crippen LogP contribution in [0.5, 0.6) is 0 Å². The molecule has 1 aliphatic heterocycles. The van der Waals surface area contributed by atoms with Gasteiger partial charge in [0.25, 0.3) is 0 Å². The molecule has 0 spiro atoms. The Kier molecular flexibility index (Phi) is 1.66. The van der Waals surface area contributed by atoms with Crippen LogP contribution < -0.4 is 0 Å². The Hall–Kier alpha value is -0.820. The Balaban J connectivity index is 2.34. The van der Waals surface area contributed by atoms with Crippen LogP contribution >= 0.6 is 0 Å². The predicted octanol–water partition coefficient (Wildman–Crippen LogP) is 2.15. The van der Waals surface area contributed by atoms with E-state index >= 15 is 0 Å². The van der Waals surface area contributed by atoms with Gasteiger partial charge in [-0.15, -0.1) is 0 Å². The van der Waals surface area contributed by atoms with E-state index in [0.29, 0.717) is 6.10 Å². The molecule has 58 valence electrons. The predicted molar refractivity (Wildman–Crippen MR) is 44.4 cm³/mol. The third kappa shape index (κ3) is 1.29. The topological polar surface area (TPSA) is 9.23 Å². The van der Waals surface area contributed by atoms with Crippen molar-refractivity contribution in [3.8, 4) is 0 Å². The van der Waals surface area contributed by atoms with E-state index in [1.54, 1.807) is 0 Å². The fraction of sp³-hybridized carbons (Fsp3) is 0.400. The molecule has 0 saturated heterocycles. The van der Waals surface area contributed by atoms with Gasteiger partial charge < -0.3 is 4.74 Å². The smallest absolute Gasteiger partial charge is 0.0723 e. The molecule has 0 bridgehead atoms. The summed E-state index contributed by atoms with van der Waals surface area (Å²) in [4.78, 5) is 0. The standard InChI is InChI=1S/C10H12O/c1-8-6-9-4-2-3-5-10(9)7-11-8/h2-5,8H,6-7H2,1H3. The molecule has 1 nitrogen and oxygen atoms in total. The van der Waals surface area contributed by atoms with Gasteiger partial charge in [0.1, 0.15) is 0 Å². The van der Waals surface area contributed by atoms with E-state index in [9.17, 15) is 0 Å². The third-order valence-electron chi connectivity index (χ3n) is 2.15. The minimum Gasteiger partial charge on any atom is -0.373 e. The SMILES string of the molecule is CC1Cc2ccccc2CO1. The van der Waals surface area contributed by atoms with E-state index in [2.05, 4.69) is 31.2 Å². The van der Waals surface area contributed by atoms with Crippen LogP contribution in [0.1, 0.15) is 18.1 Å². The van der Waals surface area contributed by atoms with Gasteiger partial charge >= 0.3 is 0 Å². The molecule has 0 saturated carbocycles. The van der Waals surface area contributed by atoms with Crippen molar-refractivity contribution in [1.29, 1.82) is 0 Å². The fourth-order valence-electron chi connectivity index (χ4n) is 1.50. The minimum atomic E-state index is 0.393. The quantitative estimate of drug-likeness (QED) is 0.547. The summed E-state index contributed by atoms with van der Waals surface area (Å²) in [6, 6.07) is 8.49. The highest BCUT2D eigenvalue weighted by Crippen LogP contribution is 2.19. The van der Waals surface area contributed by atoms with Crippen molar-refractivity contribution < 1.29 is 4.74 Å². The van der Waals surface area contributed by atoms with Crippen molar-refractivity contribution in [1.82, 2.24) is 0 Å². The van der Waals surface area contributed by atoms with Crippen molar-refractivity contribution in [2.45, 2.75) is 26.1 Å². The van der Waals surface area contributed by atoms with Gasteiger partial charge in [-0.2, -0.15) is 0 Å². The highest BCUT2D eigenvalue weighted by Gasteiger charge is 2.13. The zero-order chi connectivity index (χ0) is 7.68.